The normalized spacial score (nSPS) is 19.9. The molecule has 3 heterocycles. The Morgan fingerprint density at radius 2 is 1.69 bits per heavy atom. The molecule has 0 aliphatic carbocycles. The van der Waals surface area contributed by atoms with Crippen molar-refractivity contribution in [2.75, 3.05) is 32.7 Å². The molecule has 0 unspecified atom stereocenters. The molecule has 1 aromatic carbocycles. The average molecular weight is 399 g/mol. The fourth-order valence-electron chi connectivity index (χ4n) is 4.37. The summed E-state index contributed by atoms with van der Waals surface area (Å²) in [6, 6.07) is 6.23. The highest BCUT2D eigenvalue weighted by Gasteiger charge is 2.23. The van der Waals surface area contributed by atoms with E-state index in [2.05, 4.69) is 19.9 Å². The van der Waals surface area contributed by atoms with Gasteiger partial charge in [0.1, 0.15) is 0 Å². The third-order valence-corrected chi connectivity index (χ3v) is 6.09. The van der Waals surface area contributed by atoms with Crippen LogP contribution in [0.15, 0.2) is 28.8 Å². The highest BCUT2D eigenvalue weighted by atomic mass is 16.6. The van der Waals surface area contributed by atoms with Crippen molar-refractivity contribution in [1.29, 1.82) is 0 Å². The monoisotopic (exact) mass is 399 g/mol. The second kappa shape index (κ2) is 9.45. The molecular formula is C21H29N5O3. The Kier molecular flexibility index (Phi) is 6.51. The van der Waals surface area contributed by atoms with E-state index in [0.717, 1.165) is 24.6 Å². The molecule has 0 atom stereocenters. The van der Waals surface area contributed by atoms with Crippen LogP contribution in [0.4, 0.5) is 5.69 Å². The van der Waals surface area contributed by atoms with E-state index < -0.39 is 4.92 Å². The van der Waals surface area contributed by atoms with Gasteiger partial charge < -0.3 is 9.42 Å². The smallest absolute Gasteiger partial charge is 0.269 e. The van der Waals surface area contributed by atoms with E-state index in [1.165, 1.54) is 70.3 Å². The third kappa shape index (κ3) is 5.39. The van der Waals surface area contributed by atoms with Crippen LogP contribution >= 0.6 is 0 Å². The van der Waals surface area contributed by atoms with Crippen LogP contribution in [-0.4, -0.2) is 57.6 Å². The summed E-state index contributed by atoms with van der Waals surface area (Å²) < 4.78 is 5.42. The number of aromatic nitrogens is 2. The van der Waals surface area contributed by atoms with Gasteiger partial charge in [0.15, 0.2) is 0 Å². The fraction of sp³-hybridized carbons (Fsp3) is 0.619. The fourth-order valence-corrected chi connectivity index (χ4v) is 4.37. The lowest BCUT2D eigenvalue weighted by Gasteiger charge is -2.34. The number of non-ortho nitro benzene ring substituents is 1. The summed E-state index contributed by atoms with van der Waals surface area (Å²) in [5, 5.41) is 14.8. The van der Waals surface area contributed by atoms with Crippen LogP contribution in [0.2, 0.25) is 0 Å². The predicted octanol–water partition coefficient (Wildman–Crippen LogP) is 3.73. The lowest BCUT2D eigenvalue weighted by atomic mass is 9.96. The molecule has 0 bridgehead atoms. The number of nitrogens with zero attached hydrogens (tertiary/aromatic N) is 5. The van der Waals surface area contributed by atoms with Crippen molar-refractivity contribution >= 4 is 5.69 Å². The first kappa shape index (κ1) is 20.0. The number of hydrogen-bond acceptors (Lipinski definition) is 7. The Balaban J connectivity index is 1.26. The molecule has 29 heavy (non-hydrogen) atoms. The summed E-state index contributed by atoms with van der Waals surface area (Å²) in [7, 11) is 0. The summed E-state index contributed by atoms with van der Waals surface area (Å²) in [5.74, 6) is 1.87. The van der Waals surface area contributed by atoms with Crippen molar-refractivity contribution in [2.45, 2.75) is 45.1 Å². The van der Waals surface area contributed by atoms with Gasteiger partial charge in [-0.05, 0) is 69.9 Å². The number of hydrogen-bond donors (Lipinski definition) is 0. The first-order chi connectivity index (χ1) is 14.2. The average Bonchev–Trinajstić information content (AvgIpc) is 3.05. The maximum atomic E-state index is 10.8. The summed E-state index contributed by atoms with van der Waals surface area (Å²) in [6.07, 6.45) is 7.93. The molecule has 4 rings (SSSR count). The van der Waals surface area contributed by atoms with Gasteiger partial charge in [0.25, 0.3) is 5.69 Å². The predicted molar refractivity (Wildman–Crippen MR) is 109 cm³/mol. The second-order valence-electron chi connectivity index (χ2n) is 8.25. The summed E-state index contributed by atoms with van der Waals surface area (Å²) in [6.45, 7) is 6.58. The SMILES string of the molecule is O=[N+]([O-])c1ccc(-c2noc(CN3CCC(CN4CCCCCC4)CC3)n2)cc1. The Hall–Kier alpha value is -2.32. The highest BCUT2D eigenvalue weighted by molar-refractivity contribution is 5.56. The topological polar surface area (TPSA) is 88.5 Å². The Labute approximate surface area is 171 Å². The van der Waals surface area contributed by atoms with Crippen LogP contribution in [0.3, 0.4) is 0 Å². The molecule has 0 saturated carbocycles. The largest absolute Gasteiger partial charge is 0.338 e. The van der Waals surface area contributed by atoms with Gasteiger partial charge in [0.2, 0.25) is 11.7 Å². The van der Waals surface area contributed by atoms with Crippen LogP contribution in [0.25, 0.3) is 11.4 Å². The van der Waals surface area contributed by atoms with Crippen LogP contribution in [0, 0.1) is 16.0 Å². The summed E-state index contributed by atoms with van der Waals surface area (Å²) in [4.78, 5) is 19.9. The highest BCUT2D eigenvalue weighted by Crippen LogP contribution is 2.23. The molecule has 2 aliphatic rings. The minimum atomic E-state index is -0.415. The van der Waals surface area contributed by atoms with Crippen molar-refractivity contribution in [3.8, 4) is 11.4 Å². The number of likely N-dealkylation sites (tertiary alicyclic amines) is 2. The minimum absolute atomic E-state index is 0.0560. The van der Waals surface area contributed by atoms with E-state index in [1.54, 1.807) is 12.1 Å². The van der Waals surface area contributed by atoms with Gasteiger partial charge in [0, 0.05) is 24.2 Å². The maximum absolute atomic E-state index is 10.8. The molecular weight excluding hydrogens is 370 g/mol. The van der Waals surface area contributed by atoms with Gasteiger partial charge in [-0.2, -0.15) is 4.98 Å². The molecule has 2 aliphatic heterocycles. The van der Waals surface area contributed by atoms with Crippen LogP contribution in [-0.2, 0) is 6.54 Å². The van der Waals surface area contributed by atoms with Gasteiger partial charge in [-0.15, -0.1) is 0 Å². The van der Waals surface area contributed by atoms with E-state index in [1.807, 2.05) is 0 Å². The zero-order valence-electron chi connectivity index (χ0n) is 16.8. The molecule has 2 saturated heterocycles. The first-order valence-corrected chi connectivity index (χ1v) is 10.7. The molecule has 2 fully saturated rings. The molecule has 0 N–H and O–H groups in total. The third-order valence-electron chi connectivity index (χ3n) is 6.09. The summed E-state index contributed by atoms with van der Waals surface area (Å²) >= 11 is 0. The quantitative estimate of drug-likeness (QED) is 0.540. The molecule has 0 amide bonds. The lowest BCUT2D eigenvalue weighted by molar-refractivity contribution is -0.384. The Morgan fingerprint density at radius 1 is 1.00 bits per heavy atom. The standard InChI is InChI=1S/C21H29N5O3/c27-26(28)19-7-5-18(6-8-19)21-22-20(29-23-21)16-25-13-9-17(10-14-25)15-24-11-3-1-2-4-12-24/h5-8,17H,1-4,9-16H2. The van der Waals surface area contributed by atoms with Gasteiger partial charge in [-0.3, -0.25) is 15.0 Å². The van der Waals surface area contributed by atoms with Crippen LogP contribution < -0.4 is 0 Å². The van der Waals surface area contributed by atoms with E-state index in [9.17, 15) is 10.1 Å². The number of nitro groups is 1. The van der Waals surface area contributed by atoms with Gasteiger partial charge in [0.05, 0.1) is 11.5 Å². The van der Waals surface area contributed by atoms with Crippen LogP contribution in [0.1, 0.15) is 44.4 Å². The van der Waals surface area contributed by atoms with Gasteiger partial charge in [-0.1, -0.05) is 18.0 Å². The Bertz CT molecular complexity index is 791. The maximum Gasteiger partial charge on any atom is 0.269 e. The molecule has 156 valence electrons. The van der Waals surface area contributed by atoms with Crippen molar-refractivity contribution in [3.05, 3.63) is 40.3 Å². The van der Waals surface area contributed by atoms with E-state index in [-0.39, 0.29) is 5.69 Å². The van der Waals surface area contributed by atoms with Gasteiger partial charge in [-0.25, -0.2) is 0 Å². The first-order valence-electron chi connectivity index (χ1n) is 10.7. The molecule has 2 aromatic rings. The van der Waals surface area contributed by atoms with E-state index in [0.29, 0.717) is 18.3 Å². The van der Waals surface area contributed by atoms with Crippen molar-refractivity contribution < 1.29 is 9.45 Å². The van der Waals surface area contributed by atoms with Crippen LogP contribution in [0.5, 0.6) is 0 Å². The lowest BCUT2D eigenvalue weighted by Crippen LogP contribution is -2.38. The molecule has 8 heteroatoms. The summed E-state index contributed by atoms with van der Waals surface area (Å²) in [5.41, 5.74) is 0.780. The molecule has 8 nitrogen and oxygen atoms in total. The molecule has 0 spiro atoms. The zero-order chi connectivity index (χ0) is 20.1. The Morgan fingerprint density at radius 3 is 2.34 bits per heavy atom. The molecule has 0 radical (unpaired) electrons. The molecule has 1 aromatic heterocycles. The zero-order valence-corrected chi connectivity index (χ0v) is 16.8. The van der Waals surface area contributed by atoms with Gasteiger partial charge >= 0.3 is 0 Å². The van der Waals surface area contributed by atoms with Crippen molar-refractivity contribution in [1.82, 2.24) is 19.9 Å². The number of benzene rings is 1. The van der Waals surface area contributed by atoms with E-state index in [4.69, 9.17) is 4.52 Å². The van der Waals surface area contributed by atoms with Crippen molar-refractivity contribution in [2.24, 2.45) is 5.92 Å². The number of rotatable bonds is 6. The van der Waals surface area contributed by atoms with E-state index >= 15 is 0 Å². The number of piperidine rings is 1. The second-order valence-corrected chi connectivity index (χ2v) is 8.25. The minimum Gasteiger partial charge on any atom is -0.338 e. The number of nitro benzene ring substituents is 1. The van der Waals surface area contributed by atoms with Crippen molar-refractivity contribution in [3.63, 3.8) is 0 Å².